The first kappa shape index (κ1) is 17.4. The average molecular weight is 332 g/mol. The summed E-state index contributed by atoms with van der Waals surface area (Å²) in [5, 5.41) is 10.2. The third-order valence-corrected chi connectivity index (χ3v) is 5.16. The van der Waals surface area contributed by atoms with Gasteiger partial charge in [-0.25, -0.2) is 0 Å². The highest BCUT2D eigenvalue weighted by Crippen LogP contribution is 2.22. The Labute approximate surface area is 144 Å². The summed E-state index contributed by atoms with van der Waals surface area (Å²) in [6.07, 6.45) is 1.79. The highest BCUT2D eigenvalue weighted by molar-refractivity contribution is 5.77. The normalized spacial score (nSPS) is 24.8. The predicted octanol–water partition coefficient (Wildman–Crippen LogP) is 1.82. The van der Waals surface area contributed by atoms with Gasteiger partial charge < -0.3 is 14.7 Å². The zero-order chi connectivity index (χ0) is 16.9. The number of piperidine rings is 1. The van der Waals surface area contributed by atoms with Crippen LogP contribution in [-0.4, -0.2) is 65.7 Å². The van der Waals surface area contributed by atoms with E-state index < -0.39 is 6.10 Å². The number of rotatable bonds is 4. The second-order valence-corrected chi connectivity index (χ2v) is 6.92. The Kier molecular flexibility index (Phi) is 5.87. The molecule has 2 unspecified atom stereocenters. The summed E-state index contributed by atoms with van der Waals surface area (Å²) in [6, 6.07) is 9.97. The molecule has 5 heteroatoms. The number of carbonyl (C=O) groups is 1. The van der Waals surface area contributed by atoms with Crippen molar-refractivity contribution in [2.75, 3.05) is 32.8 Å². The Morgan fingerprint density at radius 1 is 1.25 bits per heavy atom. The average Bonchev–Trinajstić information content (AvgIpc) is 2.62. The molecule has 1 aromatic carbocycles. The summed E-state index contributed by atoms with van der Waals surface area (Å²) in [5.74, 6) is 0.0557. The smallest absolute Gasteiger partial charge is 0.225 e. The van der Waals surface area contributed by atoms with Crippen LogP contribution in [0.4, 0.5) is 0 Å². The molecule has 0 bridgehead atoms. The van der Waals surface area contributed by atoms with E-state index in [1.807, 2.05) is 35.2 Å². The van der Waals surface area contributed by atoms with Gasteiger partial charge in [0.15, 0.2) is 0 Å². The number of amides is 1. The van der Waals surface area contributed by atoms with Crippen LogP contribution in [0.25, 0.3) is 0 Å². The van der Waals surface area contributed by atoms with Crippen LogP contribution in [0.1, 0.15) is 37.9 Å². The van der Waals surface area contributed by atoms with Crippen LogP contribution in [0.3, 0.4) is 0 Å². The van der Waals surface area contributed by atoms with E-state index in [0.29, 0.717) is 12.1 Å². The van der Waals surface area contributed by atoms with E-state index in [1.165, 1.54) is 0 Å². The van der Waals surface area contributed by atoms with Crippen LogP contribution >= 0.6 is 0 Å². The number of ether oxygens (including phenoxy) is 1. The third kappa shape index (κ3) is 4.35. The minimum atomic E-state index is -0.712. The predicted molar refractivity (Wildman–Crippen MR) is 92.6 cm³/mol. The Hall–Kier alpha value is -1.43. The summed E-state index contributed by atoms with van der Waals surface area (Å²) in [4.78, 5) is 16.9. The van der Waals surface area contributed by atoms with Crippen molar-refractivity contribution in [1.82, 2.24) is 9.80 Å². The Morgan fingerprint density at radius 3 is 2.62 bits per heavy atom. The largest absolute Gasteiger partial charge is 0.388 e. The van der Waals surface area contributed by atoms with Crippen molar-refractivity contribution in [3.63, 3.8) is 0 Å². The quantitative estimate of drug-likeness (QED) is 0.914. The van der Waals surface area contributed by atoms with Crippen LogP contribution in [0.2, 0.25) is 0 Å². The maximum atomic E-state index is 12.4. The zero-order valence-electron chi connectivity index (χ0n) is 14.4. The standard InChI is InChI=1S/C19H28N2O3/c1-15-14-21(11-12-24-15)17-7-9-20(10-8-17)19(23)13-18(22)16-5-3-2-4-6-16/h2-6,15,17-18,22H,7-14H2,1H3. The molecule has 2 aliphatic rings. The lowest BCUT2D eigenvalue weighted by atomic mass is 10.0. The van der Waals surface area contributed by atoms with E-state index in [1.54, 1.807) is 0 Å². The topological polar surface area (TPSA) is 53.0 Å². The number of likely N-dealkylation sites (tertiary alicyclic amines) is 1. The molecule has 24 heavy (non-hydrogen) atoms. The fraction of sp³-hybridized carbons (Fsp3) is 0.632. The molecular weight excluding hydrogens is 304 g/mol. The van der Waals surface area contributed by atoms with Gasteiger partial charge in [0.2, 0.25) is 5.91 Å². The number of hydrogen-bond donors (Lipinski definition) is 1. The first-order chi connectivity index (χ1) is 11.6. The van der Waals surface area contributed by atoms with E-state index in [0.717, 1.165) is 51.2 Å². The molecule has 1 amide bonds. The van der Waals surface area contributed by atoms with Crippen LogP contribution < -0.4 is 0 Å². The molecule has 1 N–H and O–H groups in total. The summed E-state index contributed by atoms with van der Waals surface area (Å²) in [6.45, 7) is 6.49. The number of hydrogen-bond acceptors (Lipinski definition) is 4. The molecular formula is C19H28N2O3. The van der Waals surface area contributed by atoms with E-state index in [2.05, 4.69) is 11.8 Å². The molecule has 0 aliphatic carbocycles. The van der Waals surface area contributed by atoms with Crippen molar-refractivity contribution in [2.24, 2.45) is 0 Å². The van der Waals surface area contributed by atoms with Crippen molar-refractivity contribution in [1.29, 1.82) is 0 Å². The van der Waals surface area contributed by atoms with Gasteiger partial charge in [-0.1, -0.05) is 30.3 Å². The fourth-order valence-electron chi connectivity index (χ4n) is 3.74. The maximum Gasteiger partial charge on any atom is 0.225 e. The number of nitrogens with zero attached hydrogens (tertiary/aromatic N) is 2. The number of morpholine rings is 1. The zero-order valence-corrected chi connectivity index (χ0v) is 14.4. The van der Waals surface area contributed by atoms with Gasteiger partial charge in [0.25, 0.3) is 0 Å². The molecule has 0 aromatic heterocycles. The number of carbonyl (C=O) groups excluding carboxylic acids is 1. The van der Waals surface area contributed by atoms with Gasteiger partial charge in [0.05, 0.1) is 25.2 Å². The van der Waals surface area contributed by atoms with Gasteiger partial charge in [-0.3, -0.25) is 9.69 Å². The van der Waals surface area contributed by atoms with Crippen molar-refractivity contribution >= 4 is 5.91 Å². The summed E-state index contributed by atoms with van der Waals surface area (Å²) in [5.41, 5.74) is 0.808. The van der Waals surface area contributed by atoms with Crippen LogP contribution in [0, 0.1) is 0 Å². The molecule has 0 saturated carbocycles. The molecule has 132 valence electrons. The summed E-state index contributed by atoms with van der Waals surface area (Å²) >= 11 is 0. The molecule has 5 nitrogen and oxygen atoms in total. The van der Waals surface area contributed by atoms with E-state index in [-0.39, 0.29) is 12.3 Å². The van der Waals surface area contributed by atoms with Crippen molar-refractivity contribution in [3.8, 4) is 0 Å². The third-order valence-electron chi connectivity index (χ3n) is 5.16. The lowest BCUT2D eigenvalue weighted by molar-refractivity contribution is -0.135. The number of benzene rings is 1. The monoisotopic (exact) mass is 332 g/mol. The molecule has 2 atom stereocenters. The van der Waals surface area contributed by atoms with E-state index in [9.17, 15) is 9.90 Å². The van der Waals surface area contributed by atoms with Crippen molar-refractivity contribution in [3.05, 3.63) is 35.9 Å². The van der Waals surface area contributed by atoms with Crippen LogP contribution in [0.5, 0.6) is 0 Å². The molecule has 2 saturated heterocycles. The van der Waals surface area contributed by atoms with Crippen molar-refractivity contribution in [2.45, 2.75) is 44.4 Å². The van der Waals surface area contributed by atoms with Crippen molar-refractivity contribution < 1.29 is 14.6 Å². The summed E-state index contributed by atoms with van der Waals surface area (Å²) < 4.78 is 5.61. The lowest BCUT2D eigenvalue weighted by Gasteiger charge is -2.41. The van der Waals surface area contributed by atoms with Gasteiger partial charge >= 0.3 is 0 Å². The SMILES string of the molecule is CC1CN(C2CCN(C(=O)CC(O)c3ccccc3)CC2)CCO1. The Balaban J connectivity index is 1.46. The maximum absolute atomic E-state index is 12.4. The van der Waals surface area contributed by atoms with E-state index in [4.69, 9.17) is 4.74 Å². The highest BCUT2D eigenvalue weighted by Gasteiger charge is 2.30. The highest BCUT2D eigenvalue weighted by atomic mass is 16.5. The second kappa shape index (κ2) is 8.10. The lowest BCUT2D eigenvalue weighted by Crippen LogP contribution is -2.51. The van der Waals surface area contributed by atoms with E-state index >= 15 is 0 Å². The van der Waals surface area contributed by atoms with Gasteiger partial charge in [0.1, 0.15) is 0 Å². The number of aliphatic hydroxyl groups is 1. The Bertz CT molecular complexity index is 529. The van der Waals surface area contributed by atoms with Gasteiger partial charge in [-0.2, -0.15) is 0 Å². The number of aliphatic hydroxyl groups excluding tert-OH is 1. The first-order valence-corrected chi connectivity index (χ1v) is 9.00. The molecule has 0 radical (unpaired) electrons. The molecule has 0 spiro atoms. The van der Waals surface area contributed by atoms with Crippen LogP contribution in [0.15, 0.2) is 30.3 Å². The second-order valence-electron chi connectivity index (χ2n) is 6.92. The molecule has 3 rings (SSSR count). The molecule has 2 aliphatic heterocycles. The minimum absolute atomic E-state index is 0.0557. The Morgan fingerprint density at radius 2 is 1.96 bits per heavy atom. The summed E-state index contributed by atoms with van der Waals surface area (Å²) in [7, 11) is 0. The minimum Gasteiger partial charge on any atom is -0.388 e. The molecule has 1 aromatic rings. The molecule has 2 fully saturated rings. The van der Waals surface area contributed by atoms with Crippen LogP contribution in [-0.2, 0) is 9.53 Å². The molecule has 2 heterocycles. The first-order valence-electron chi connectivity index (χ1n) is 9.00. The van der Waals surface area contributed by atoms with Gasteiger partial charge in [0, 0.05) is 32.2 Å². The van der Waals surface area contributed by atoms with Gasteiger partial charge in [-0.15, -0.1) is 0 Å². The fourth-order valence-corrected chi connectivity index (χ4v) is 3.74. The van der Waals surface area contributed by atoms with Gasteiger partial charge in [-0.05, 0) is 25.3 Å².